The number of amides is 1. The lowest BCUT2D eigenvalue weighted by Gasteiger charge is -2.16. The van der Waals surface area contributed by atoms with Crippen LogP contribution in [0.3, 0.4) is 0 Å². The molecule has 0 bridgehead atoms. The zero-order valence-corrected chi connectivity index (χ0v) is 16.9. The van der Waals surface area contributed by atoms with Crippen molar-refractivity contribution in [3.63, 3.8) is 0 Å². The summed E-state index contributed by atoms with van der Waals surface area (Å²) in [5.41, 5.74) is 7.82. The number of benzene rings is 1. The van der Waals surface area contributed by atoms with Gasteiger partial charge in [0.15, 0.2) is 5.11 Å². The van der Waals surface area contributed by atoms with Crippen LogP contribution < -0.4 is 16.2 Å². The molecule has 0 aliphatic carbocycles. The molecule has 0 spiro atoms. The molecule has 3 aromatic rings. The van der Waals surface area contributed by atoms with E-state index in [2.05, 4.69) is 26.3 Å². The summed E-state index contributed by atoms with van der Waals surface area (Å²) in [6.07, 6.45) is 5.02. The minimum atomic E-state index is -0.366. The normalized spacial score (nSPS) is 11.5. The van der Waals surface area contributed by atoms with E-state index in [1.807, 2.05) is 43.3 Å². The highest BCUT2D eigenvalue weighted by atomic mass is 32.1. The Labute approximate surface area is 174 Å². The average Bonchev–Trinajstić information content (AvgIpc) is 3.19. The van der Waals surface area contributed by atoms with Crippen LogP contribution in [-0.4, -0.2) is 45.5 Å². The number of nitrogens with one attached hydrogen (secondary N) is 3. The topological polar surface area (TPSA) is 93.1 Å². The van der Waals surface area contributed by atoms with Gasteiger partial charge < -0.3 is 10.1 Å². The van der Waals surface area contributed by atoms with Crippen molar-refractivity contribution in [1.29, 1.82) is 0 Å². The van der Waals surface area contributed by atoms with Crippen molar-refractivity contribution < 1.29 is 9.53 Å². The van der Waals surface area contributed by atoms with Crippen molar-refractivity contribution in [2.24, 2.45) is 0 Å². The number of para-hydroxylation sites is 1. The maximum atomic E-state index is 12.8. The van der Waals surface area contributed by atoms with Crippen LogP contribution >= 0.6 is 12.2 Å². The molecule has 29 heavy (non-hydrogen) atoms. The molecule has 0 saturated heterocycles. The molecule has 0 aliphatic heterocycles. The summed E-state index contributed by atoms with van der Waals surface area (Å²) >= 11 is 5.20. The maximum Gasteiger partial charge on any atom is 0.273 e. The van der Waals surface area contributed by atoms with Crippen LogP contribution in [0.5, 0.6) is 0 Å². The molecule has 2 aromatic heterocycles. The highest BCUT2D eigenvalue weighted by Crippen LogP contribution is 2.22. The van der Waals surface area contributed by atoms with Crippen molar-refractivity contribution in [2.75, 3.05) is 13.7 Å². The first-order valence-electron chi connectivity index (χ1n) is 8.99. The maximum absolute atomic E-state index is 12.8. The molecular weight excluding hydrogens is 388 g/mol. The Balaban J connectivity index is 1.80. The van der Waals surface area contributed by atoms with Gasteiger partial charge in [-0.15, -0.1) is 0 Å². The average molecular weight is 411 g/mol. The first kappa shape index (κ1) is 20.4. The third kappa shape index (κ3) is 5.37. The van der Waals surface area contributed by atoms with E-state index >= 15 is 0 Å². The Morgan fingerprint density at radius 1 is 1.21 bits per heavy atom. The summed E-state index contributed by atoms with van der Waals surface area (Å²) in [6.45, 7) is 2.41. The van der Waals surface area contributed by atoms with E-state index in [4.69, 9.17) is 17.0 Å². The Kier molecular flexibility index (Phi) is 6.88. The molecule has 0 unspecified atom stereocenters. The minimum absolute atomic E-state index is 0.00341. The zero-order chi connectivity index (χ0) is 20.6. The van der Waals surface area contributed by atoms with Crippen LogP contribution in [0.1, 0.15) is 17.3 Å². The lowest BCUT2D eigenvalue weighted by molar-refractivity contribution is 0.0944. The molecule has 1 aromatic carbocycles. The van der Waals surface area contributed by atoms with Crippen LogP contribution in [0.2, 0.25) is 0 Å². The van der Waals surface area contributed by atoms with Gasteiger partial charge in [-0.25, -0.2) is 4.68 Å². The van der Waals surface area contributed by atoms with Gasteiger partial charge in [0.25, 0.3) is 5.91 Å². The number of ether oxygens (including phenoxy) is 1. The van der Waals surface area contributed by atoms with E-state index < -0.39 is 0 Å². The second-order valence-corrected chi connectivity index (χ2v) is 6.73. The molecule has 0 saturated carbocycles. The fraction of sp³-hybridized carbons (Fsp3) is 0.200. The van der Waals surface area contributed by atoms with Crippen molar-refractivity contribution in [1.82, 2.24) is 30.9 Å². The van der Waals surface area contributed by atoms with Crippen molar-refractivity contribution in [3.05, 3.63) is 66.6 Å². The summed E-state index contributed by atoms with van der Waals surface area (Å²) in [6, 6.07) is 13.2. The van der Waals surface area contributed by atoms with Gasteiger partial charge in [-0.05, 0) is 43.4 Å². The van der Waals surface area contributed by atoms with Gasteiger partial charge in [-0.2, -0.15) is 5.10 Å². The van der Waals surface area contributed by atoms with Crippen LogP contribution in [0.4, 0.5) is 0 Å². The molecule has 2 heterocycles. The van der Waals surface area contributed by atoms with E-state index in [1.165, 1.54) is 0 Å². The Bertz CT molecular complexity index is 962. The summed E-state index contributed by atoms with van der Waals surface area (Å²) in [7, 11) is 1.61. The number of hydrazine groups is 1. The predicted octanol–water partition coefficient (Wildman–Crippen LogP) is 2.08. The molecule has 3 N–H and O–H groups in total. The molecule has 0 fully saturated rings. The Morgan fingerprint density at radius 2 is 2.00 bits per heavy atom. The van der Waals surface area contributed by atoms with E-state index in [0.717, 1.165) is 11.3 Å². The molecule has 8 nitrogen and oxygen atoms in total. The molecular formula is C20H22N6O2S. The number of hydrogen-bond acceptors (Lipinski definition) is 5. The Morgan fingerprint density at radius 3 is 2.69 bits per heavy atom. The van der Waals surface area contributed by atoms with Gasteiger partial charge in [0.2, 0.25) is 0 Å². The number of aromatic nitrogens is 3. The number of carbonyl (C=O) groups excluding carboxylic acids is 1. The van der Waals surface area contributed by atoms with Gasteiger partial charge >= 0.3 is 0 Å². The monoisotopic (exact) mass is 410 g/mol. The predicted molar refractivity (Wildman–Crippen MR) is 114 cm³/mol. The fourth-order valence-corrected chi connectivity index (χ4v) is 2.95. The smallest absolute Gasteiger partial charge is 0.273 e. The largest absolute Gasteiger partial charge is 0.383 e. The van der Waals surface area contributed by atoms with Crippen LogP contribution in [0.25, 0.3) is 16.9 Å². The van der Waals surface area contributed by atoms with Crippen LogP contribution in [0, 0.1) is 0 Å². The Hall–Kier alpha value is -3.30. The SMILES string of the molecule is COC[C@@H](C)NC(=S)NNC(=O)c1cn(-c2ccccc2)nc1-c1cccnc1. The third-order valence-corrected chi connectivity index (χ3v) is 4.22. The van der Waals surface area contributed by atoms with Gasteiger partial charge in [-0.3, -0.25) is 20.6 Å². The van der Waals surface area contributed by atoms with Gasteiger partial charge in [0.05, 0.1) is 17.9 Å². The molecule has 1 atom stereocenters. The first-order valence-corrected chi connectivity index (χ1v) is 9.40. The first-order chi connectivity index (χ1) is 14.1. The summed E-state index contributed by atoms with van der Waals surface area (Å²) < 4.78 is 6.72. The standard InChI is InChI=1S/C20H22N6O2S/c1-14(13-28-2)22-20(29)24-23-19(27)17-12-26(16-8-4-3-5-9-16)25-18(17)15-7-6-10-21-11-15/h3-12,14H,13H2,1-2H3,(H,23,27)(H2,22,24,29)/t14-/m1/s1. The summed E-state index contributed by atoms with van der Waals surface area (Å²) in [4.78, 5) is 17.0. The summed E-state index contributed by atoms with van der Waals surface area (Å²) in [5, 5.41) is 7.90. The van der Waals surface area contributed by atoms with E-state index in [1.54, 1.807) is 36.4 Å². The second kappa shape index (κ2) is 9.76. The minimum Gasteiger partial charge on any atom is -0.383 e. The third-order valence-electron chi connectivity index (χ3n) is 4.00. The van der Waals surface area contributed by atoms with Crippen molar-refractivity contribution >= 4 is 23.2 Å². The molecule has 1 amide bonds. The van der Waals surface area contributed by atoms with Crippen molar-refractivity contribution in [3.8, 4) is 16.9 Å². The van der Waals surface area contributed by atoms with Crippen molar-refractivity contribution in [2.45, 2.75) is 13.0 Å². The second-order valence-electron chi connectivity index (χ2n) is 6.32. The van der Waals surface area contributed by atoms with Gasteiger partial charge in [0.1, 0.15) is 5.69 Å². The van der Waals surface area contributed by atoms with E-state index in [-0.39, 0.29) is 11.9 Å². The number of pyridine rings is 1. The quantitative estimate of drug-likeness (QED) is 0.423. The van der Waals surface area contributed by atoms with E-state index in [9.17, 15) is 4.79 Å². The molecule has 3 rings (SSSR count). The van der Waals surface area contributed by atoms with Crippen LogP contribution in [-0.2, 0) is 4.74 Å². The number of thiocarbonyl (C=S) groups is 1. The van der Waals surface area contributed by atoms with Gasteiger partial charge in [0, 0.05) is 37.3 Å². The van der Waals surface area contributed by atoms with Gasteiger partial charge in [-0.1, -0.05) is 18.2 Å². The number of rotatable bonds is 6. The fourth-order valence-electron chi connectivity index (χ4n) is 2.70. The summed E-state index contributed by atoms with van der Waals surface area (Å²) in [5.74, 6) is -0.366. The molecule has 150 valence electrons. The number of nitrogens with zero attached hydrogens (tertiary/aromatic N) is 3. The molecule has 0 radical (unpaired) electrons. The number of hydrogen-bond donors (Lipinski definition) is 3. The molecule has 9 heteroatoms. The highest BCUT2D eigenvalue weighted by Gasteiger charge is 2.19. The highest BCUT2D eigenvalue weighted by molar-refractivity contribution is 7.80. The number of carbonyl (C=O) groups is 1. The van der Waals surface area contributed by atoms with E-state index in [0.29, 0.717) is 23.0 Å². The zero-order valence-electron chi connectivity index (χ0n) is 16.1. The van der Waals surface area contributed by atoms with Crippen LogP contribution in [0.15, 0.2) is 61.1 Å². The number of methoxy groups -OCH3 is 1. The lowest BCUT2D eigenvalue weighted by atomic mass is 10.1. The molecule has 0 aliphatic rings. The lowest BCUT2D eigenvalue weighted by Crippen LogP contribution is -2.50.